The van der Waals surface area contributed by atoms with Crippen molar-refractivity contribution in [1.29, 1.82) is 0 Å². The molecule has 6 heteroatoms. The van der Waals surface area contributed by atoms with Crippen LogP contribution in [0.25, 0.3) is 11.5 Å². The molecule has 1 atom stereocenters. The summed E-state index contributed by atoms with van der Waals surface area (Å²) >= 11 is 0. The average Bonchev–Trinajstić information content (AvgIpc) is 3.41. The molecular weight excluding hydrogens is 390 g/mol. The largest absolute Gasteiger partial charge is 0.463 e. The molecule has 1 aliphatic rings. The van der Waals surface area contributed by atoms with Gasteiger partial charge in [-0.05, 0) is 49.1 Å². The molecule has 3 heterocycles. The average molecular weight is 420 g/mol. The number of nitrogens with zero attached hydrogens (tertiary/aromatic N) is 2. The number of nitrogens with one attached hydrogen (secondary N) is 1. The molecule has 1 aliphatic heterocycles. The predicted molar refractivity (Wildman–Crippen MR) is 119 cm³/mol. The van der Waals surface area contributed by atoms with Crippen molar-refractivity contribution in [3.63, 3.8) is 0 Å². The van der Waals surface area contributed by atoms with Gasteiger partial charge in [-0.15, -0.1) is 0 Å². The van der Waals surface area contributed by atoms with E-state index in [1.54, 1.807) is 11.2 Å². The van der Waals surface area contributed by atoms with Gasteiger partial charge in [0.2, 0.25) is 5.91 Å². The van der Waals surface area contributed by atoms with Crippen molar-refractivity contribution in [2.75, 3.05) is 6.54 Å². The molecule has 3 aromatic rings. The molecule has 0 saturated carbocycles. The van der Waals surface area contributed by atoms with Gasteiger partial charge in [-0.1, -0.05) is 44.2 Å². The number of carbonyl (C=O) groups is 2. The number of hydrogen-bond donors (Lipinski definition) is 1. The van der Waals surface area contributed by atoms with E-state index in [-0.39, 0.29) is 11.8 Å². The van der Waals surface area contributed by atoms with E-state index < -0.39 is 5.54 Å². The van der Waals surface area contributed by atoms with Crippen LogP contribution in [0, 0.1) is 5.92 Å². The number of fused-ring (bicyclic) bond motifs is 1. The van der Waals surface area contributed by atoms with Gasteiger partial charge in [0, 0.05) is 13.1 Å². The second-order valence-electron chi connectivity index (χ2n) is 8.76. The first-order chi connectivity index (χ1) is 14.9. The lowest BCUT2D eigenvalue weighted by Gasteiger charge is -2.44. The van der Waals surface area contributed by atoms with Crippen molar-refractivity contribution in [3.8, 4) is 11.5 Å². The van der Waals surface area contributed by atoms with Gasteiger partial charge in [-0.25, -0.2) is 0 Å². The van der Waals surface area contributed by atoms with Crippen LogP contribution in [0.4, 0.5) is 0 Å². The van der Waals surface area contributed by atoms with Crippen LogP contribution >= 0.6 is 0 Å². The molecule has 0 saturated heterocycles. The van der Waals surface area contributed by atoms with Gasteiger partial charge in [0.1, 0.15) is 17.0 Å². The highest BCUT2D eigenvalue weighted by Crippen LogP contribution is 2.34. The third-order valence-corrected chi connectivity index (χ3v) is 5.96. The van der Waals surface area contributed by atoms with E-state index in [9.17, 15) is 9.59 Å². The van der Waals surface area contributed by atoms with E-state index in [1.807, 2.05) is 66.1 Å². The summed E-state index contributed by atoms with van der Waals surface area (Å²) in [6.07, 6.45) is 2.50. The number of hydrogen-bond acceptors (Lipinski definition) is 3. The first-order valence-electron chi connectivity index (χ1n) is 10.8. The minimum Gasteiger partial charge on any atom is -0.463 e. The number of furan rings is 1. The van der Waals surface area contributed by atoms with Gasteiger partial charge in [-0.3, -0.25) is 9.59 Å². The Morgan fingerprint density at radius 1 is 1.10 bits per heavy atom. The zero-order valence-corrected chi connectivity index (χ0v) is 18.3. The standard InChI is InChI=1S/C25H29N3O3/c1-18(2)13-14-26-24(30)25(3)17-27-20(22-10-7-15-31-22)11-12-21(27)23(29)28(25)16-19-8-5-4-6-9-19/h4-12,15,18H,13-14,16-17H2,1-3H3,(H,26,30)/t25-/m1/s1. The zero-order valence-electron chi connectivity index (χ0n) is 18.3. The summed E-state index contributed by atoms with van der Waals surface area (Å²) in [4.78, 5) is 28.7. The van der Waals surface area contributed by atoms with Crippen molar-refractivity contribution < 1.29 is 14.0 Å². The molecule has 0 aliphatic carbocycles. The summed E-state index contributed by atoms with van der Waals surface area (Å²) in [6.45, 7) is 7.42. The fraction of sp³-hybridized carbons (Fsp3) is 0.360. The molecule has 1 aromatic carbocycles. The normalized spacial score (nSPS) is 18.3. The fourth-order valence-corrected chi connectivity index (χ4v) is 4.09. The van der Waals surface area contributed by atoms with Crippen LogP contribution in [0.2, 0.25) is 0 Å². The number of aromatic nitrogens is 1. The minimum atomic E-state index is -1.03. The lowest BCUT2D eigenvalue weighted by Crippen LogP contribution is -2.63. The van der Waals surface area contributed by atoms with Gasteiger partial charge in [-0.2, -0.15) is 0 Å². The van der Waals surface area contributed by atoms with Crippen molar-refractivity contribution in [3.05, 3.63) is 72.1 Å². The second-order valence-corrected chi connectivity index (χ2v) is 8.76. The molecule has 0 unspecified atom stereocenters. The number of carbonyl (C=O) groups excluding carboxylic acids is 2. The summed E-state index contributed by atoms with van der Waals surface area (Å²) in [5.74, 6) is 0.873. The SMILES string of the molecule is CC(C)CCNC(=O)[C@@]1(C)Cn2c(ccc2-c2ccco2)C(=O)N1Cc1ccccc1. The van der Waals surface area contributed by atoms with Crippen LogP contribution in [0.3, 0.4) is 0 Å². The quantitative estimate of drug-likeness (QED) is 0.620. The van der Waals surface area contributed by atoms with Crippen LogP contribution in [0.5, 0.6) is 0 Å². The first kappa shape index (κ1) is 21.0. The predicted octanol–water partition coefficient (Wildman–Crippen LogP) is 4.33. The smallest absolute Gasteiger partial charge is 0.271 e. The summed E-state index contributed by atoms with van der Waals surface area (Å²) in [6, 6.07) is 17.2. The molecule has 2 amide bonds. The first-order valence-corrected chi connectivity index (χ1v) is 10.8. The molecule has 4 rings (SSSR count). The maximum atomic E-state index is 13.6. The molecule has 0 spiro atoms. The molecule has 162 valence electrons. The van der Waals surface area contributed by atoms with Gasteiger partial charge < -0.3 is 19.2 Å². The highest BCUT2D eigenvalue weighted by molar-refractivity contribution is 6.00. The maximum Gasteiger partial charge on any atom is 0.271 e. The van der Waals surface area contributed by atoms with Crippen LogP contribution in [0.15, 0.2) is 65.3 Å². The van der Waals surface area contributed by atoms with E-state index in [2.05, 4.69) is 19.2 Å². The third-order valence-electron chi connectivity index (χ3n) is 5.96. The topological polar surface area (TPSA) is 67.5 Å². The molecule has 0 radical (unpaired) electrons. The summed E-state index contributed by atoms with van der Waals surface area (Å²) < 4.78 is 7.48. The molecule has 0 fully saturated rings. The van der Waals surface area contributed by atoms with Crippen molar-refractivity contribution in [2.24, 2.45) is 5.92 Å². The van der Waals surface area contributed by atoms with Crippen molar-refractivity contribution >= 4 is 11.8 Å². The summed E-state index contributed by atoms with van der Waals surface area (Å²) in [5, 5.41) is 3.07. The van der Waals surface area contributed by atoms with Gasteiger partial charge >= 0.3 is 0 Å². The summed E-state index contributed by atoms with van der Waals surface area (Å²) in [5.41, 5.74) is 1.32. The van der Waals surface area contributed by atoms with Crippen molar-refractivity contribution in [1.82, 2.24) is 14.8 Å². The highest BCUT2D eigenvalue weighted by atomic mass is 16.3. The summed E-state index contributed by atoms with van der Waals surface area (Å²) in [7, 11) is 0. The Bertz CT molecular complexity index is 1050. The number of benzene rings is 1. The Kier molecular flexibility index (Phi) is 5.72. The van der Waals surface area contributed by atoms with Gasteiger partial charge in [0.05, 0.1) is 18.5 Å². The number of rotatable bonds is 7. The van der Waals surface area contributed by atoms with Gasteiger partial charge in [0.25, 0.3) is 5.91 Å². The highest BCUT2D eigenvalue weighted by Gasteiger charge is 2.47. The van der Waals surface area contributed by atoms with E-state index in [4.69, 9.17) is 4.42 Å². The minimum absolute atomic E-state index is 0.137. The molecule has 2 aromatic heterocycles. The van der Waals surface area contributed by atoms with Crippen LogP contribution in [-0.4, -0.2) is 33.4 Å². The van der Waals surface area contributed by atoms with Crippen LogP contribution < -0.4 is 5.32 Å². The Morgan fingerprint density at radius 3 is 2.52 bits per heavy atom. The van der Waals surface area contributed by atoms with E-state index in [1.165, 1.54) is 0 Å². The molecule has 31 heavy (non-hydrogen) atoms. The fourth-order valence-electron chi connectivity index (χ4n) is 4.09. The lowest BCUT2D eigenvalue weighted by molar-refractivity contribution is -0.133. The van der Waals surface area contributed by atoms with Gasteiger partial charge in [0.15, 0.2) is 0 Å². The van der Waals surface area contributed by atoms with E-state index in [0.29, 0.717) is 37.0 Å². The van der Waals surface area contributed by atoms with Crippen LogP contribution in [-0.2, 0) is 17.9 Å². The molecule has 0 bridgehead atoms. The Morgan fingerprint density at radius 2 is 1.84 bits per heavy atom. The molecule has 1 N–H and O–H groups in total. The van der Waals surface area contributed by atoms with Crippen molar-refractivity contribution in [2.45, 2.75) is 45.8 Å². The molecular formula is C25H29N3O3. The second kappa shape index (κ2) is 8.46. The molecule has 6 nitrogen and oxygen atoms in total. The zero-order chi connectivity index (χ0) is 22.0. The maximum absolute atomic E-state index is 13.6. The Labute approximate surface area is 182 Å². The Balaban J connectivity index is 1.71. The van der Waals surface area contributed by atoms with Crippen LogP contribution in [0.1, 0.15) is 43.2 Å². The Hall–Kier alpha value is -3.28. The number of amides is 2. The lowest BCUT2D eigenvalue weighted by atomic mass is 9.93. The monoisotopic (exact) mass is 419 g/mol. The third kappa shape index (κ3) is 4.02. The van der Waals surface area contributed by atoms with E-state index in [0.717, 1.165) is 17.7 Å². The van der Waals surface area contributed by atoms with E-state index >= 15 is 0 Å².